The van der Waals surface area contributed by atoms with Crippen LogP contribution < -0.4 is 5.73 Å². The maximum absolute atomic E-state index is 5.68. The largest absolute Gasteiger partial charge is 0.329 e. The molecule has 1 aromatic rings. The number of rotatable bonds is 4. The van der Waals surface area contributed by atoms with Crippen LogP contribution in [0.1, 0.15) is 5.56 Å². The average molecular weight is 251 g/mol. The molecule has 15 heavy (non-hydrogen) atoms. The van der Waals surface area contributed by atoms with Gasteiger partial charge in [-0.05, 0) is 26.1 Å². The zero-order chi connectivity index (χ0) is 9.68. The number of likely N-dealkylation sites (N-methyl/N-ethyl adjacent to an activating group) is 1. The molecule has 0 saturated heterocycles. The van der Waals surface area contributed by atoms with Crippen molar-refractivity contribution in [2.75, 3.05) is 20.6 Å². The molecule has 1 rings (SSSR count). The summed E-state index contributed by atoms with van der Waals surface area (Å²) in [5, 5.41) is 0. The van der Waals surface area contributed by atoms with Crippen molar-refractivity contribution in [2.45, 2.75) is 12.5 Å². The van der Waals surface area contributed by atoms with Gasteiger partial charge in [0.25, 0.3) is 0 Å². The van der Waals surface area contributed by atoms with Crippen LogP contribution >= 0.6 is 24.8 Å². The molecule has 2 nitrogen and oxygen atoms in total. The Kier molecular flexibility index (Phi) is 10.3. The number of nitrogens with zero attached hydrogens (tertiary/aromatic N) is 1. The molecule has 0 unspecified atom stereocenters. The monoisotopic (exact) mass is 250 g/mol. The van der Waals surface area contributed by atoms with Gasteiger partial charge in [-0.3, -0.25) is 0 Å². The lowest BCUT2D eigenvalue weighted by Gasteiger charge is -2.22. The molecule has 1 atom stereocenters. The minimum absolute atomic E-state index is 0. The highest BCUT2D eigenvalue weighted by Crippen LogP contribution is 2.05. The van der Waals surface area contributed by atoms with Crippen molar-refractivity contribution >= 4 is 24.8 Å². The van der Waals surface area contributed by atoms with E-state index >= 15 is 0 Å². The van der Waals surface area contributed by atoms with Gasteiger partial charge in [0, 0.05) is 12.6 Å². The van der Waals surface area contributed by atoms with Gasteiger partial charge in [-0.1, -0.05) is 30.3 Å². The Bertz CT molecular complexity index is 240. The highest BCUT2D eigenvalue weighted by atomic mass is 35.5. The first kappa shape index (κ1) is 17.1. The molecule has 0 bridgehead atoms. The molecule has 0 heterocycles. The van der Waals surface area contributed by atoms with Gasteiger partial charge < -0.3 is 10.6 Å². The summed E-state index contributed by atoms with van der Waals surface area (Å²) in [7, 11) is 4.14. The highest BCUT2D eigenvalue weighted by molar-refractivity contribution is 5.85. The van der Waals surface area contributed by atoms with E-state index in [2.05, 4.69) is 43.3 Å². The summed E-state index contributed by atoms with van der Waals surface area (Å²) in [6.07, 6.45) is 1.03. The first-order valence-corrected chi connectivity index (χ1v) is 4.64. The van der Waals surface area contributed by atoms with Crippen molar-refractivity contribution in [1.82, 2.24) is 4.90 Å². The fourth-order valence-corrected chi connectivity index (χ4v) is 1.36. The van der Waals surface area contributed by atoms with E-state index in [4.69, 9.17) is 5.73 Å². The fraction of sp³-hybridized carbons (Fsp3) is 0.455. The van der Waals surface area contributed by atoms with E-state index < -0.39 is 0 Å². The Labute approximate surface area is 105 Å². The second kappa shape index (κ2) is 8.98. The molecule has 0 saturated carbocycles. The fourth-order valence-electron chi connectivity index (χ4n) is 1.36. The molecule has 0 aliphatic heterocycles. The van der Waals surface area contributed by atoms with Gasteiger partial charge >= 0.3 is 0 Å². The quantitative estimate of drug-likeness (QED) is 0.886. The summed E-state index contributed by atoms with van der Waals surface area (Å²) in [5.41, 5.74) is 7.03. The third-order valence-corrected chi connectivity index (χ3v) is 2.32. The van der Waals surface area contributed by atoms with Gasteiger partial charge in [0.2, 0.25) is 0 Å². The first-order valence-electron chi connectivity index (χ1n) is 4.64. The van der Waals surface area contributed by atoms with Gasteiger partial charge in [-0.25, -0.2) is 0 Å². The summed E-state index contributed by atoms with van der Waals surface area (Å²) in [5.74, 6) is 0. The summed E-state index contributed by atoms with van der Waals surface area (Å²) < 4.78 is 0. The van der Waals surface area contributed by atoms with Crippen LogP contribution in [0.25, 0.3) is 0 Å². The van der Waals surface area contributed by atoms with E-state index in [0.29, 0.717) is 12.6 Å². The molecule has 1 aromatic carbocycles. The Morgan fingerprint density at radius 3 is 2.07 bits per heavy atom. The lowest BCUT2D eigenvalue weighted by Crippen LogP contribution is -2.36. The van der Waals surface area contributed by atoms with Crippen LogP contribution in [0.5, 0.6) is 0 Å². The van der Waals surface area contributed by atoms with E-state index in [-0.39, 0.29) is 24.8 Å². The van der Waals surface area contributed by atoms with Gasteiger partial charge in [0.1, 0.15) is 0 Å². The van der Waals surface area contributed by atoms with Crippen molar-refractivity contribution in [3.05, 3.63) is 35.9 Å². The standard InChI is InChI=1S/C11H18N2.2ClH/c1-13(2)11(9-12)8-10-6-4-3-5-7-10;;/h3-7,11H,8-9,12H2,1-2H3;2*1H/t11-;;/m0../s1. The van der Waals surface area contributed by atoms with Crippen LogP contribution in [-0.4, -0.2) is 31.6 Å². The van der Waals surface area contributed by atoms with Gasteiger partial charge in [-0.15, -0.1) is 24.8 Å². The minimum Gasteiger partial charge on any atom is -0.329 e. The normalized spacial score (nSPS) is 11.5. The number of halogens is 2. The predicted molar refractivity (Wildman–Crippen MR) is 71.2 cm³/mol. The maximum atomic E-state index is 5.68. The van der Waals surface area contributed by atoms with Gasteiger partial charge in [0.05, 0.1) is 0 Å². The average Bonchev–Trinajstić information content (AvgIpc) is 2.15. The molecule has 88 valence electrons. The summed E-state index contributed by atoms with van der Waals surface area (Å²) in [6.45, 7) is 0.710. The van der Waals surface area contributed by atoms with Crippen LogP contribution in [0, 0.1) is 0 Å². The number of hydrogen-bond donors (Lipinski definition) is 1. The molecule has 0 aliphatic carbocycles. The van der Waals surface area contributed by atoms with Crippen molar-refractivity contribution in [3.63, 3.8) is 0 Å². The molecule has 0 amide bonds. The summed E-state index contributed by atoms with van der Waals surface area (Å²) in [6, 6.07) is 10.9. The van der Waals surface area contributed by atoms with Crippen molar-refractivity contribution < 1.29 is 0 Å². The Morgan fingerprint density at radius 1 is 1.13 bits per heavy atom. The third kappa shape index (κ3) is 6.00. The second-order valence-electron chi connectivity index (χ2n) is 3.54. The van der Waals surface area contributed by atoms with Crippen molar-refractivity contribution in [1.29, 1.82) is 0 Å². The Balaban J connectivity index is 0. The van der Waals surface area contributed by atoms with Crippen LogP contribution in [0.3, 0.4) is 0 Å². The lowest BCUT2D eigenvalue weighted by molar-refractivity contribution is 0.298. The van der Waals surface area contributed by atoms with E-state index in [0.717, 1.165) is 6.42 Å². The zero-order valence-corrected chi connectivity index (χ0v) is 10.9. The lowest BCUT2D eigenvalue weighted by atomic mass is 10.1. The Morgan fingerprint density at radius 2 is 1.67 bits per heavy atom. The number of hydrogen-bond acceptors (Lipinski definition) is 2. The molecule has 0 aromatic heterocycles. The predicted octanol–water partition coefficient (Wildman–Crippen LogP) is 1.96. The van der Waals surface area contributed by atoms with Crippen LogP contribution in [0.2, 0.25) is 0 Å². The molecule has 0 radical (unpaired) electrons. The number of nitrogens with two attached hydrogens (primary N) is 1. The number of benzene rings is 1. The van der Waals surface area contributed by atoms with Gasteiger partial charge in [0.15, 0.2) is 0 Å². The summed E-state index contributed by atoms with van der Waals surface area (Å²) >= 11 is 0. The van der Waals surface area contributed by atoms with E-state index in [9.17, 15) is 0 Å². The minimum atomic E-state index is 0. The van der Waals surface area contributed by atoms with Crippen molar-refractivity contribution in [3.8, 4) is 0 Å². The van der Waals surface area contributed by atoms with Crippen LogP contribution in [0.4, 0.5) is 0 Å². The Hall–Kier alpha value is -0.280. The molecule has 0 fully saturated rings. The van der Waals surface area contributed by atoms with Gasteiger partial charge in [-0.2, -0.15) is 0 Å². The molecule has 0 spiro atoms. The first-order chi connectivity index (χ1) is 6.24. The summed E-state index contributed by atoms with van der Waals surface area (Å²) in [4.78, 5) is 2.17. The van der Waals surface area contributed by atoms with E-state index in [1.165, 1.54) is 5.56 Å². The van der Waals surface area contributed by atoms with E-state index in [1.807, 2.05) is 6.07 Å². The topological polar surface area (TPSA) is 29.3 Å². The van der Waals surface area contributed by atoms with Crippen molar-refractivity contribution in [2.24, 2.45) is 5.73 Å². The molecular formula is C11H20Cl2N2. The second-order valence-corrected chi connectivity index (χ2v) is 3.54. The highest BCUT2D eigenvalue weighted by Gasteiger charge is 2.08. The molecular weight excluding hydrogens is 231 g/mol. The molecule has 4 heteroatoms. The third-order valence-electron chi connectivity index (χ3n) is 2.32. The van der Waals surface area contributed by atoms with Crippen LogP contribution in [0.15, 0.2) is 30.3 Å². The van der Waals surface area contributed by atoms with E-state index in [1.54, 1.807) is 0 Å². The van der Waals surface area contributed by atoms with Crippen LogP contribution in [-0.2, 0) is 6.42 Å². The molecule has 0 aliphatic rings. The maximum Gasteiger partial charge on any atom is 0.0252 e. The zero-order valence-electron chi connectivity index (χ0n) is 9.22. The molecule has 2 N–H and O–H groups in total. The SMILES string of the molecule is CN(C)[C@H](CN)Cc1ccccc1.Cl.Cl. The smallest absolute Gasteiger partial charge is 0.0252 e.